The molecule has 4 aromatic rings. The second-order valence-corrected chi connectivity index (χ2v) is 17.7. The van der Waals surface area contributed by atoms with Crippen molar-refractivity contribution in [1.82, 2.24) is 24.0 Å². The van der Waals surface area contributed by atoms with Gasteiger partial charge in [0.1, 0.15) is 5.82 Å². The van der Waals surface area contributed by atoms with Gasteiger partial charge in [-0.25, -0.2) is 9.78 Å². The Morgan fingerprint density at radius 3 is 1.48 bits per heavy atom. The molecule has 2 aliphatic rings. The molecule has 2 aliphatic carbocycles. The van der Waals surface area contributed by atoms with Crippen LogP contribution in [0.4, 0.5) is 0 Å². The molecule has 0 saturated heterocycles. The van der Waals surface area contributed by atoms with Crippen LogP contribution in [0.5, 0.6) is 0 Å². The normalized spacial score (nSPS) is 14.8. The van der Waals surface area contributed by atoms with Crippen LogP contribution in [-0.2, 0) is 62.3 Å². The molecule has 0 unspecified atom stereocenters. The number of imidazole rings is 1. The van der Waals surface area contributed by atoms with E-state index in [-0.39, 0.29) is 17.2 Å². The molecule has 2 saturated carbocycles. The van der Waals surface area contributed by atoms with Crippen LogP contribution in [0.2, 0.25) is 0 Å². The van der Waals surface area contributed by atoms with Crippen molar-refractivity contribution < 1.29 is 47.4 Å². The maximum Gasteiger partial charge on any atom is 0.332 e. The first-order chi connectivity index (χ1) is 34.0. The van der Waals surface area contributed by atoms with Crippen LogP contribution in [0.1, 0.15) is 80.1 Å². The summed E-state index contributed by atoms with van der Waals surface area (Å²) in [6.07, 6.45) is 11.2. The summed E-state index contributed by atoms with van der Waals surface area (Å²) >= 11 is 0. The van der Waals surface area contributed by atoms with Gasteiger partial charge in [-0.3, -0.25) is 18.7 Å². The zero-order valence-corrected chi connectivity index (χ0v) is 41.0. The topological polar surface area (TPSA) is 174 Å². The van der Waals surface area contributed by atoms with Crippen molar-refractivity contribution in [2.24, 2.45) is 11.8 Å². The molecule has 69 heavy (non-hydrogen) atoms. The molecule has 2 heterocycles. The summed E-state index contributed by atoms with van der Waals surface area (Å²) in [6, 6.07) is 17.3. The lowest BCUT2D eigenvalue weighted by atomic mass is 9.89. The summed E-state index contributed by atoms with van der Waals surface area (Å²) in [7, 11) is 1.64. The minimum absolute atomic E-state index is 0.223. The lowest BCUT2D eigenvalue weighted by molar-refractivity contribution is -0.0242. The van der Waals surface area contributed by atoms with Gasteiger partial charge in [0.15, 0.2) is 11.2 Å². The average Bonchev–Trinajstić information content (AvgIpc) is 3.75. The fourth-order valence-electron chi connectivity index (χ4n) is 8.91. The third kappa shape index (κ3) is 18.4. The van der Waals surface area contributed by atoms with Crippen molar-refractivity contribution in [3.05, 3.63) is 86.6 Å². The van der Waals surface area contributed by atoms with Crippen LogP contribution in [0.15, 0.2) is 64.2 Å². The van der Waals surface area contributed by atoms with E-state index < -0.39 is 0 Å². The number of methoxy groups -OCH3 is 1. The molecular formula is C52H77N5O12. The summed E-state index contributed by atoms with van der Waals surface area (Å²) in [5.74, 6) is 1.03. The highest BCUT2D eigenvalue weighted by Gasteiger charge is 2.27. The molecule has 382 valence electrons. The number of carbonyl (C=O) groups is 1. The van der Waals surface area contributed by atoms with Gasteiger partial charge in [-0.15, -0.1) is 0 Å². The number of carbonyl (C=O) groups excluding carboxylic acids is 1. The molecule has 1 amide bonds. The number of aromatic nitrogens is 4. The predicted octanol–water partition coefficient (Wildman–Crippen LogP) is 5.74. The van der Waals surface area contributed by atoms with Gasteiger partial charge in [0.2, 0.25) is 0 Å². The van der Waals surface area contributed by atoms with Crippen LogP contribution in [0.3, 0.4) is 0 Å². The lowest BCUT2D eigenvalue weighted by Crippen LogP contribution is -2.43. The van der Waals surface area contributed by atoms with Gasteiger partial charge < -0.3 is 52.5 Å². The van der Waals surface area contributed by atoms with Crippen LogP contribution >= 0.6 is 0 Å². The zero-order chi connectivity index (χ0) is 48.1. The number of hydrogen-bond donors (Lipinski definition) is 1. The first-order valence-corrected chi connectivity index (χ1v) is 25.3. The van der Waals surface area contributed by atoms with E-state index in [1.54, 1.807) is 23.8 Å². The lowest BCUT2D eigenvalue weighted by Gasteiger charge is -2.25. The molecule has 2 fully saturated rings. The number of fused-ring (bicyclic) bond motifs is 1. The Kier molecular flexibility index (Phi) is 24.9. The highest BCUT2D eigenvalue weighted by Crippen LogP contribution is 2.29. The molecule has 1 N–H and O–H groups in total. The molecule has 0 radical (unpaired) electrons. The third-order valence-electron chi connectivity index (χ3n) is 12.6. The summed E-state index contributed by atoms with van der Waals surface area (Å²) in [4.78, 5) is 47.3. The summed E-state index contributed by atoms with van der Waals surface area (Å²) in [5.41, 5.74) is 2.63. The fraction of sp³-hybridized carbons (Fsp3) is 0.654. The van der Waals surface area contributed by atoms with E-state index in [9.17, 15) is 14.4 Å². The van der Waals surface area contributed by atoms with Gasteiger partial charge in [-0.2, -0.15) is 0 Å². The standard InChI is InChI=1S/C52H77N5O12/c1-61-23-24-63-27-28-65-31-32-67-35-36-69-38-37-68-34-33-66-30-29-64-26-25-62-22-21-53-50(58)46-19-17-45(18-20-46)48-54-49-47(55(48)39-42-11-5-2-6-12-42)51(59)57(41-44-15-9-4-10-16-44)52(60)56(49)40-43-13-7-3-8-14-43/h2,5-6,11-12,17-20,43-44H,3-4,7-10,13-16,21-41H2,1H3,(H,53,58). The summed E-state index contributed by atoms with van der Waals surface area (Å²) < 4.78 is 54.3. The Labute approximate surface area is 407 Å². The Bertz CT molecular complexity index is 2150. The Morgan fingerprint density at radius 1 is 0.551 bits per heavy atom. The molecule has 0 aliphatic heterocycles. The number of benzene rings is 2. The molecule has 17 nitrogen and oxygen atoms in total. The van der Waals surface area contributed by atoms with Crippen LogP contribution in [0, 0.1) is 11.8 Å². The highest BCUT2D eigenvalue weighted by molar-refractivity contribution is 5.94. The second-order valence-electron chi connectivity index (χ2n) is 17.7. The van der Waals surface area contributed by atoms with Crippen molar-refractivity contribution in [3.63, 3.8) is 0 Å². The Hall–Kier alpha value is -4.30. The van der Waals surface area contributed by atoms with Gasteiger partial charge in [0, 0.05) is 44.4 Å². The fourth-order valence-corrected chi connectivity index (χ4v) is 8.91. The van der Waals surface area contributed by atoms with Gasteiger partial charge in [0.25, 0.3) is 11.5 Å². The van der Waals surface area contributed by atoms with E-state index in [4.69, 9.17) is 47.6 Å². The summed E-state index contributed by atoms with van der Waals surface area (Å²) in [6.45, 7) is 9.89. The van der Waals surface area contributed by atoms with Crippen LogP contribution in [-0.4, -0.2) is 151 Å². The van der Waals surface area contributed by atoms with Crippen molar-refractivity contribution in [3.8, 4) is 11.4 Å². The molecule has 2 aromatic heterocycles. The second kappa shape index (κ2) is 31.8. The van der Waals surface area contributed by atoms with E-state index >= 15 is 0 Å². The van der Waals surface area contributed by atoms with Gasteiger partial charge in [-0.05, 0) is 55.2 Å². The first-order valence-electron chi connectivity index (χ1n) is 25.3. The van der Waals surface area contributed by atoms with E-state index in [0.29, 0.717) is 173 Å². The highest BCUT2D eigenvalue weighted by atomic mass is 16.6. The van der Waals surface area contributed by atoms with Gasteiger partial charge in [0.05, 0.1) is 112 Å². The molecule has 6 rings (SSSR count). The van der Waals surface area contributed by atoms with Gasteiger partial charge >= 0.3 is 5.69 Å². The molecule has 2 aromatic carbocycles. The Morgan fingerprint density at radius 2 is 1.00 bits per heavy atom. The number of ether oxygens (including phenoxy) is 9. The number of amides is 1. The van der Waals surface area contributed by atoms with Crippen LogP contribution < -0.4 is 16.6 Å². The quantitative estimate of drug-likeness (QED) is 0.0554. The maximum atomic E-state index is 14.6. The number of nitrogens with zero attached hydrogens (tertiary/aromatic N) is 4. The summed E-state index contributed by atoms with van der Waals surface area (Å²) in [5, 5.41) is 2.93. The average molecular weight is 964 g/mol. The molecule has 0 bridgehead atoms. The maximum absolute atomic E-state index is 14.6. The number of rotatable bonds is 35. The third-order valence-corrected chi connectivity index (χ3v) is 12.6. The minimum atomic E-state index is -0.279. The molecule has 0 atom stereocenters. The van der Waals surface area contributed by atoms with E-state index in [2.05, 4.69) is 5.32 Å². The monoisotopic (exact) mass is 964 g/mol. The van der Waals surface area contributed by atoms with Crippen molar-refractivity contribution >= 4 is 17.1 Å². The Balaban J connectivity index is 0.891. The van der Waals surface area contributed by atoms with E-state index in [0.717, 1.165) is 62.5 Å². The van der Waals surface area contributed by atoms with Gasteiger partial charge in [-0.1, -0.05) is 81.0 Å². The van der Waals surface area contributed by atoms with E-state index in [1.165, 1.54) is 17.4 Å². The van der Waals surface area contributed by atoms with Crippen molar-refractivity contribution in [2.45, 2.75) is 83.8 Å². The SMILES string of the molecule is COCCOCCOCCOCCOCCOCCOCCOCCOCCNC(=O)c1ccc(-c2nc3c(c(=O)n(CC4CCCCC4)c(=O)n3CC3CCCCC3)n2Cc2ccccc2)cc1. The van der Waals surface area contributed by atoms with Crippen LogP contribution in [0.25, 0.3) is 22.6 Å². The van der Waals surface area contributed by atoms with Crippen molar-refractivity contribution in [2.75, 3.05) is 126 Å². The smallest absolute Gasteiger partial charge is 0.332 e. The molecule has 17 heteroatoms. The zero-order valence-electron chi connectivity index (χ0n) is 41.0. The molecular weight excluding hydrogens is 887 g/mol. The van der Waals surface area contributed by atoms with E-state index in [1.807, 2.05) is 47.0 Å². The number of nitrogens with one attached hydrogen (secondary N) is 1. The number of hydrogen-bond acceptors (Lipinski definition) is 13. The predicted molar refractivity (Wildman–Crippen MR) is 263 cm³/mol. The minimum Gasteiger partial charge on any atom is -0.382 e. The molecule has 0 spiro atoms. The largest absolute Gasteiger partial charge is 0.382 e. The van der Waals surface area contributed by atoms with Crippen molar-refractivity contribution in [1.29, 1.82) is 0 Å². The first kappa shape index (κ1) is 54.0.